The zero-order valence-corrected chi connectivity index (χ0v) is 17.9. The van der Waals surface area contributed by atoms with Crippen molar-refractivity contribution in [3.63, 3.8) is 0 Å². The second-order valence-electron chi connectivity index (χ2n) is 8.34. The van der Waals surface area contributed by atoms with Crippen LogP contribution in [-0.4, -0.2) is 37.0 Å². The van der Waals surface area contributed by atoms with Gasteiger partial charge in [0.1, 0.15) is 5.82 Å². The summed E-state index contributed by atoms with van der Waals surface area (Å²) in [6, 6.07) is 9.52. The summed E-state index contributed by atoms with van der Waals surface area (Å²) < 4.78 is 42.5. The van der Waals surface area contributed by atoms with Crippen molar-refractivity contribution in [3.05, 3.63) is 59.4 Å². The smallest absolute Gasteiger partial charge is 0.335 e. The van der Waals surface area contributed by atoms with Crippen molar-refractivity contribution in [2.45, 2.75) is 42.0 Å². The van der Waals surface area contributed by atoms with Gasteiger partial charge in [0.05, 0.1) is 22.2 Å². The molecular weight excluding hydrogens is 425 g/mol. The average Bonchev–Trinajstić information content (AvgIpc) is 3.53. The summed E-state index contributed by atoms with van der Waals surface area (Å²) in [6.07, 6.45) is 3.58. The zero-order chi connectivity index (χ0) is 21.1. The van der Waals surface area contributed by atoms with Crippen LogP contribution in [-0.2, 0) is 15.4 Å². The van der Waals surface area contributed by atoms with E-state index in [4.69, 9.17) is 0 Å². The summed E-state index contributed by atoms with van der Waals surface area (Å²) in [5, 5.41) is 9.55. The minimum atomic E-state index is -3.92. The highest BCUT2D eigenvalue weighted by molar-refractivity contribution is 7.99. The molecule has 0 radical (unpaired) electrons. The maximum absolute atomic E-state index is 13.8. The summed E-state index contributed by atoms with van der Waals surface area (Å²) in [4.78, 5) is 11.7. The van der Waals surface area contributed by atoms with Crippen LogP contribution in [0.2, 0.25) is 0 Å². The number of hydrogen-bond acceptors (Lipinski definition) is 4. The molecule has 3 aliphatic rings. The van der Waals surface area contributed by atoms with Gasteiger partial charge in [0.25, 0.3) is 10.0 Å². The van der Waals surface area contributed by atoms with Gasteiger partial charge < -0.3 is 5.11 Å². The summed E-state index contributed by atoms with van der Waals surface area (Å²) in [5.41, 5.74) is 1.22. The Bertz CT molecular complexity index is 1110. The SMILES string of the molecule is O=C(O)c1ccc2c(c1)C1(CCSCC1)C(C1CC1)N2S(=O)(=O)c1ccc(F)cc1. The molecule has 0 amide bonds. The van der Waals surface area contributed by atoms with Crippen molar-refractivity contribution in [1.29, 1.82) is 0 Å². The molecule has 2 aromatic rings. The van der Waals surface area contributed by atoms with Crippen LogP contribution in [0.4, 0.5) is 10.1 Å². The Labute approximate surface area is 179 Å². The molecule has 2 aromatic carbocycles. The monoisotopic (exact) mass is 447 g/mol. The molecule has 2 heterocycles. The topological polar surface area (TPSA) is 74.7 Å². The van der Waals surface area contributed by atoms with Crippen LogP contribution >= 0.6 is 11.8 Å². The highest BCUT2D eigenvalue weighted by atomic mass is 32.2. The van der Waals surface area contributed by atoms with Crippen molar-refractivity contribution in [3.8, 4) is 0 Å². The lowest BCUT2D eigenvalue weighted by molar-refractivity contribution is 0.0696. The van der Waals surface area contributed by atoms with E-state index >= 15 is 0 Å². The van der Waals surface area contributed by atoms with Crippen LogP contribution in [0.15, 0.2) is 47.4 Å². The lowest BCUT2D eigenvalue weighted by atomic mass is 9.70. The van der Waals surface area contributed by atoms with E-state index in [1.54, 1.807) is 12.1 Å². The molecule has 2 fully saturated rings. The van der Waals surface area contributed by atoms with E-state index in [1.165, 1.54) is 22.5 Å². The van der Waals surface area contributed by atoms with E-state index in [9.17, 15) is 22.7 Å². The van der Waals surface area contributed by atoms with Crippen LogP contribution in [0.5, 0.6) is 0 Å². The normalized spacial score (nSPS) is 22.8. The fourth-order valence-electron chi connectivity index (χ4n) is 5.15. The number of rotatable bonds is 4. The minimum absolute atomic E-state index is 0.0602. The molecule has 0 bridgehead atoms. The number of carbonyl (C=O) groups is 1. The number of carboxylic acid groups (broad SMARTS) is 1. The zero-order valence-electron chi connectivity index (χ0n) is 16.3. The molecule has 1 saturated heterocycles. The third-order valence-electron chi connectivity index (χ3n) is 6.66. The van der Waals surface area contributed by atoms with Gasteiger partial charge in [0.15, 0.2) is 0 Å². The molecule has 1 atom stereocenters. The lowest BCUT2D eigenvalue weighted by Gasteiger charge is -2.41. The number of nitrogens with zero attached hydrogens (tertiary/aromatic N) is 1. The second kappa shape index (κ2) is 6.99. The Balaban J connectivity index is 1.73. The number of carboxylic acids is 1. The van der Waals surface area contributed by atoms with E-state index in [0.717, 1.165) is 54.9 Å². The fraction of sp³-hybridized carbons (Fsp3) is 0.409. The lowest BCUT2D eigenvalue weighted by Crippen LogP contribution is -2.50. The largest absolute Gasteiger partial charge is 0.478 e. The number of halogens is 1. The van der Waals surface area contributed by atoms with Gasteiger partial charge in [-0.15, -0.1) is 0 Å². The van der Waals surface area contributed by atoms with E-state index in [-0.39, 0.29) is 27.8 Å². The number of aromatic carboxylic acids is 1. The number of sulfonamides is 1. The predicted molar refractivity (Wildman–Crippen MR) is 114 cm³/mol. The molecule has 0 aromatic heterocycles. The van der Waals surface area contributed by atoms with E-state index < -0.39 is 21.8 Å². The van der Waals surface area contributed by atoms with Gasteiger partial charge in [0.2, 0.25) is 0 Å². The number of thioether (sulfide) groups is 1. The molecule has 5 nitrogen and oxygen atoms in total. The maximum atomic E-state index is 13.8. The van der Waals surface area contributed by atoms with Crippen LogP contribution in [0.3, 0.4) is 0 Å². The first-order valence-corrected chi connectivity index (χ1v) is 12.7. The number of hydrogen-bond donors (Lipinski definition) is 1. The standard InChI is InChI=1S/C22H22FNO4S2/c23-16-4-6-17(7-5-16)30(27,28)24-19-8-3-15(21(25)26)13-18(19)22(9-11-29-12-10-22)20(24)14-1-2-14/h3-8,13-14,20H,1-2,9-12H2,(H,25,26). The predicted octanol–water partition coefficient (Wildman–Crippen LogP) is 4.28. The Morgan fingerprint density at radius 3 is 2.37 bits per heavy atom. The Morgan fingerprint density at radius 2 is 1.77 bits per heavy atom. The van der Waals surface area contributed by atoms with Crippen molar-refractivity contribution in [2.75, 3.05) is 15.8 Å². The number of benzene rings is 2. The molecule has 8 heteroatoms. The van der Waals surface area contributed by atoms with E-state index in [0.29, 0.717) is 5.69 Å². The van der Waals surface area contributed by atoms with Crippen LogP contribution < -0.4 is 4.31 Å². The fourth-order valence-corrected chi connectivity index (χ4v) is 8.17. The van der Waals surface area contributed by atoms with E-state index in [2.05, 4.69) is 0 Å². The highest BCUT2D eigenvalue weighted by Crippen LogP contribution is 2.59. The van der Waals surface area contributed by atoms with E-state index in [1.807, 2.05) is 11.8 Å². The quantitative estimate of drug-likeness (QED) is 0.757. The van der Waals surface area contributed by atoms with Gasteiger partial charge in [-0.05, 0) is 91.1 Å². The Morgan fingerprint density at radius 1 is 1.10 bits per heavy atom. The van der Waals surface area contributed by atoms with Gasteiger partial charge >= 0.3 is 5.97 Å². The molecule has 1 saturated carbocycles. The molecule has 5 rings (SSSR count). The molecule has 158 valence electrons. The summed E-state index contributed by atoms with van der Waals surface area (Å²) in [7, 11) is -3.92. The Hall–Kier alpha value is -2.06. The molecule has 1 spiro atoms. The second-order valence-corrected chi connectivity index (χ2v) is 11.4. The first-order chi connectivity index (χ1) is 14.3. The van der Waals surface area contributed by atoms with Gasteiger partial charge in [-0.1, -0.05) is 0 Å². The first-order valence-electron chi connectivity index (χ1n) is 10.1. The third-order valence-corrected chi connectivity index (χ3v) is 9.46. The molecule has 1 unspecified atom stereocenters. The minimum Gasteiger partial charge on any atom is -0.478 e. The first kappa shape index (κ1) is 19.9. The molecule has 1 N–H and O–H groups in total. The molecule has 30 heavy (non-hydrogen) atoms. The van der Waals surface area contributed by atoms with Crippen LogP contribution in [0, 0.1) is 11.7 Å². The summed E-state index contributed by atoms with van der Waals surface area (Å²) >= 11 is 1.86. The third kappa shape index (κ3) is 2.95. The van der Waals surface area contributed by atoms with Gasteiger partial charge in [-0.2, -0.15) is 11.8 Å². The molecule has 2 aliphatic heterocycles. The van der Waals surface area contributed by atoms with Gasteiger partial charge in [-0.3, -0.25) is 4.31 Å². The van der Waals surface area contributed by atoms with Crippen molar-refractivity contribution in [1.82, 2.24) is 0 Å². The summed E-state index contributed by atoms with van der Waals surface area (Å²) in [6.45, 7) is 0. The average molecular weight is 448 g/mol. The number of anilines is 1. The van der Waals surface area contributed by atoms with Crippen LogP contribution in [0.25, 0.3) is 0 Å². The maximum Gasteiger partial charge on any atom is 0.335 e. The van der Waals surface area contributed by atoms with Gasteiger partial charge in [-0.25, -0.2) is 17.6 Å². The van der Waals surface area contributed by atoms with Crippen molar-refractivity contribution in [2.24, 2.45) is 5.92 Å². The number of fused-ring (bicyclic) bond motifs is 2. The Kier molecular flexibility index (Phi) is 4.63. The highest BCUT2D eigenvalue weighted by Gasteiger charge is 2.59. The summed E-state index contributed by atoms with van der Waals surface area (Å²) in [5.74, 6) is 0.598. The van der Waals surface area contributed by atoms with Crippen LogP contribution in [0.1, 0.15) is 41.6 Å². The van der Waals surface area contributed by atoms with Crippen molar-refractivity contribution >= 4 is 33.4 Å². The molecular formula is C22H22FNO4S2. The molecule has 1 aliphatic carbocycles. The van der Waals surface area contributed by atoms with Gasteiger partial charge in [0, 0.05) is 5.41 Å². The van der Waals surface area contributed by atoms with Crippen molar-refractivity contribution < 1.29 is 22.7 Å².